The van der Waals surface area contributed by atoms with Crippen LogP contribution in [0.25, 0.3) is 0 Å². The summed E-state index contributed by atoms with van der Waals surface area (Å²) in [5.41, 5.74) is 10.6. The molecule has 0 amide bonds. The molecule has 15 heavy (non-hydrogen) atoms. The Hall–Kier alpha value is -0.545. The lowest BCUT2D eigenvalue weighted by atomic mass is 9.66. The minimum atomic E-state index is -1.04. The summed E-state index contributed by atoms with van der Waals surface area (Å²) in [6, 6.07) is 0.156. The molecule has 86 valence electrons. The lowest BCUT2D eigenvalue weighted by Crippen LogP contribution is -2.60. The highest BCUT2D eigenvalue weighted by Crippen LogP contribution is 2.37. The zero-order chi connectivity index (χ0) is 11.5. The van der Waals surface area contributed by atoms with E-state index in [0.717, 1.165) is 32.0 Å². The van der Waals surface area contributed by atoms with Crippen molar-refractivity contribution in [3.05, 3.63) is 0 Å². The van der Waals surface area contributed by atoms with E-state index in [-0.39, 0.29) is 12.0 Å². The minimum Gasteiger partial charge on any atom is -0.480 e. The molecule has 4 nitrogen and oxygen atoms in total. The van der Waals surface area contributed by atoms with Gasteiger partial charge in [0.2, 0.25) is 0 Å². The monoisotopic (exact) mass is 212 g/mol. The molecule has 1 aliphatic rings. The molecule has 1 atom stereocenters. The Kier molecular flexibility index (Phi) is 4.17. The van der Waals surface area contributed by atoms with Gasteiger partial charge < -0.3 is 16.6 Å². The maximum absolute atomic E-state index is 11.2. The molecular formula is C10H21BN2O2. The third kappa shape index (κ3) is 2.72. The molecule has 1 fully saturated rings. The van der Waals surface area contributed by atoms with Gasteiger partial charge in [0.05, 0.1) is 0 Å². The number of carboxylic acids is 1. The van der Waals surface area contributed by atoms with E-state index in [2.05, 4.69) is 7.85 Å². The Labute approximate surface area is 91.8 Å². The summed E-state index contributed by atoms with van der Waals surface area (Å²) in [7, 11) is 2.10. The summed E-state index contributed by atoms with van der Waals surface area (Å²) < 4.78 is 0. The molecule has 1 saturated carbocycles. The van der Waals surface area contributed by atoms with Crippen molar-refractivity contribution >= 4 is 13.8 Å². The SMILES string of the molecule is BCCCCC(N)(C(=O)O)[C@H]1C[C@@H](N)C1. The first-order chi connectivity index (χ1) is 7.00. The number of hydrogen-bond donors (Lipinski definition) is 3. The molecule has 0 radical (unpaired) electrons. The average Bonchev–Trinajstić information content (AvgIpc) is 2.13. The smallest absolute Gasteiger partial charge is 0.323 e. The standard InChI is InChI=1S/C10H21BN2O2/c11-4-2-1-3-10(13,9(14)15)7-5-8(12)6-7/h7-8H,1-6,11-13H2,(H,14,15)/t7-,8+,10?. The van der Waals surface area contributed by atoms with E-state index >= 15 is 0 Å². The van der Waals surface area contributed by atoms with Gasteiger partial charge >= 0.3 is 5.97 Å². The largest absolute Gasteiger partial charge is 0.480 e. The summed E-state index contributed by atoms with van der Waals surface area (Å²) in [5, 5.41) is 9.19. The predicted octanol–water partition coefficient (Wildman–Crippen LogP) is -0.272. The predicted molar refractivity (Wildman–Crippen MR) is 62.5 cm³/mol. The zero-order valence-corrected chi connectivity index (χ0v) is 9.41. The maximum atomic E-state index is 11.2. The third-order valence-electron chi connectivity index (χ3n) is 3.50. The van der Waals surface area contributed by atoms with Gasteiger partial charge in [0.25, 0.3) is 0 Å². The number of aliphatic carboxylic acids is 1. The van der Waals surface area contributed by atoms with Crippen LogP contribution in [-0.4, -0.2) is 30.5 Å². The lowest BCUT2D eigenvalue weighted by molar-refractivity contribution is -0.147. The Balaban J connectivity index is 2.50. The fourth-order valence-electron chi connectivity index (χ4n) is 2.24. The van der Waals surface area contributed by atoms with Crippen LogP contribution in [0, 0.1) is 5.92 Å². The van der Waals surface area contributed by atoms with Crippen molar-refractivity contribution in [3.63, 3.8) is 0 Å². The van der Waals surface area contributed by atoms with Gasteiger partial charge in [-0.3, -0.25) is 4.79 Å². The van der Waals surface area contributed by atoms with Crippen molar-refractivity contribution in [2.24, 2.45) is 17.4 Å². The molecule has 0 aromatic rings. The van der Waals surface area contributed by atoms with Gasteiger partial charge in [-0.25, -0.2) is 0 Å². The van der Waals surface area contributed by atoms with Crippen molar-refractivity contribution < 1.29 is 9.90 Å². The molecule has 1 rings (SSSR count). The van der Waals surface area contributed by atoms with Gasteiger partial charge in [-0.1, -0.05) is 19.2 Å². The first kappa shape index (κ1) is 12.5. The quantitative estimate of drug-likeness (QED) is 0.417. The highest BCUT2D eigenvalue weighted by atomic mass is 16.4. The first-order valence-electron chi connectivity index (χ1n) is 5.78. The van der Waals surface area contributed by atoms with Gasteiger partial charge in [0.1, 0.15) is 13.4 Å². The van der Waals surface area contributed by atoms with E-state index in [9.17, 15) is 9.90 Å². The van der Waals surface area contributed by atoms with Crippen LogP contribution in [0.3, 0.4) is 0 Å². The second-order valence-electron chi connectivity index (χ2n) is 4.73. The number of carboxylic acid groups (broad SMARTS) is 1. The van der Waals surface area contributed by atoms with E-state index in [1.54, 1.807) is 0 Å². The topological polar surface area (TPSA) is 89.3 Å². The molecule has 0 bridgehead atoms. The maximum Gasteiger partial charge on any atom is 0.323 e. The van der Waals surface area contributed by atoms with Gasteiger partial charge in [0, 0.05) is 6.04 Å². The minimum absolute atomic E-state index is 0.0712. The van der Waals surface area contributed by atoms with Crippen LogP contribution in [-0.2, 0) is 4.79 Å². The molecule has 0 aromatic heterocycles. The van der Waals surface area contributed by atoms with Crippen molar-refractivity contribution in [1.82, 2.24) is 0 Å². The molecule has 0 aliphatic heterocycles. The van der Waals surface area contributed by atoms with Crippen LogP contribution in [0.15, 0.2) is 0 Å². The van der Waals surface area contributed by atoms with E-state index in [4.69, 9.17) is 11.5 Å². The lowest BCUT2D eigenvalue weighted by Gasteiger charge is -2.43. The molecule has 5 heteroatoms. The second-order valence-corrected chi connectivity index (χ2v) is 4.73. The molecule has 0 spiro atoms. The van der Waals surface area contributed by atoms with Crippen molar-refractivity contribution in [2.75, 3.05) is 0 Å². The third-order valence-corrected chi connectivity index (χ3v) is 3.50. The summed E-state index contributed by atoms with van der Waals surface area (Å²) in [6.07, 6.45) is 5.12. The van der Waals surface area contributed by atoms with E-state index < -0.39 is 11.5 Å². The van der Waals surface area contributed by atoms with Gasteiger partial charge in [0.15, 0.2) is 0 Å². The van der Waals surface area contributed by atoms with E-state index in [1.165, 1.54) is 0 Å². The molecule has 1 unspecified atom stereocenters. The Bertz CT molecular complexity index is 231. The van der Waals surface area contributed by atoms with Crippen molar-refractivity contribution in [3.8, 4) is 0 Å². The van der Waals surface area contributed by atoms with Gasteiger partial charge in [-0.15, -0.1) is 0 Å². The van der Waals surface area contributed by atoms with Crippen LogP contribution in [0.5, 0.6) is 0 Å². The van der Waals surface area contributed by atoms with E-state index in [1.807, 2.05) is 0 Å². The summed E-state index contributed by atoms with van der Waals surface area (Å²) >= 11 is 0. The van der Waals surface area contributed by atoms with Crippen molar-refractivity contribution in [1.29, 1.82) is 0 Å². The van der Waals surface area contributed by atoms with Crippen molar-refractivity contribution in [2.45, 2.75) is 50.0 Å². The van der Waals surface area contributed by atoms with Gasteiger partial charge in [-0.05, 0) is 25.2 Å². The first-order valence-corrected chi connectivity index (χ1v) is 5.78. The fraction of sp³-hybridized carbons (Fsp3) is 0.900. The van der Waals surface area contributed by atoms with Crippen LogP contribution in [0.1, 0.15) is 32.1 Å². The Morgan fingerprint density at radius 1 is 1.47 bits per heavy atom. The molecule has 0 heterocycles. The number of hydrogen-bond acceptors (Lipinski definition) is 3. The average molecular weight is 212 g/mol. The molecular weight excluding hydrogens is 191 g/mol. The normalized spacial score (nSPS) is 29.2. The highest BCUT2D eigenvalue weighted by Gasteiger charge is 2.47. The number of rotatable bonds is 6. The molecule has 1 aliphatic carbocycles. The van der Waals surface area contributed by atoms with E-state index in [0.29, 0.717) is 6.42 Å². The number of carbonyl (C=O) groups is 1. The molecule has 5 N–H and O–H groups in total. The summed E-state index contributed by atoms with van der Waals surface area (Å²) in [4.78, 5) is 11.2. The fourth-order valence-corrected chi connectivity index (χ4v) is 2.24. The zero-order valence-electron chi connectivity index (χ0n) is 9.41. The highest BCUT2D eigenvalue weighted by molar-refractivity contribution is 6.08. The van der Waals surface area contributed by atoms with Crippen LogP contribution in [0.4, 0.5) is 0 Å². The molecule has 0 saturated heterocycles. The summed E-state index contributed by atoms with van der Waals surface area (Å²) in [6.45, 7) is 0. The van der Waals surface area contributed by atoms with Crippen LogP contribution >= 0.6 is 0 Å². The van der Waals surface area contributed by atoms with Gasteiger partial charge in [-0.2, -0.15) is 0 Å². The molecule has 0 aromatic carbocycles. The Morgan fingerprint density at radius 2 is 2.07 bits per heavy atom. The number of nitrogens with two attached hydrogens (primary N) is 2. The number of unbranched alkanes of at least 4 members (excludes halogenated alkanes) is 1. The van der Waals surface area contributed by atoms with Crippen LogP contribution < -0.4 is 11.5 Å². The summed E-state index contributed by atoms with van der Waals surface area (Å²) in [5.74, 6) is -0.794. The second kappa shape index (κ2) is 4.99. The van der Waals surface area contributed by atoms with Crippen LogP contribution in [0.2, 0.25) is 6.32 Å². The Morgan fingerprint density at radius 3 is 2.47 bits per heavy atom.